The van der Waals surface area contributed by atoms with Gasteiger partial charge < -0.3 is 15.2 Å². The summed E-state index contributed by atoms with van der Waals surface area (Å²) in [5.74, 6) is 3.04. The molecule has 2 rings (SSSR count). The van der Waals surface area contributed by atoms with Gasteiger partial charge in [0.05, 0.1) is 12.2 Å². The van der Waals surface area contributed by atoms with E-state index >= 15 is 0 Å². The molecule has 0 bridgehead atoms. The zero-order valence-electron chi connectivity index (χ0n) is 12.0. The van der Waals surface area contributed by atoms with Crippen LogP contribution in [0.5, 0.6) is 17.4 Å². The minimum absolute atomic E-state index is 0.452. The zero-order valence-corrected chi connectivity index (χ0v) is 12.0. The summed E-state index contributed by atoms with van der Waals surface area (Å²) < 4.78 is 11.3. The highest BCUT2D eigenvalue weighted by Gasteiger charge is 2.10. The second-order valence-electron chi connectivity index (χ2n) is 4.32. The molecule has 0 aliphatic carbocycles. The van der Waals surface area contributed by atoms with Gasteiger partial charge in [-0.1, -0.05) is 13.0 Å². The van der Waals surface area contributed by atoms with E-state index in [2.05, 4.69) is 9.97 Å². The Balaban J connectivity index is 2.29. The minimum atomic E-state index is 0.452. The van der Waals surface area contributed by atoms with Gasteiger partial charge in [0, 0.05) is 12.5 Å². The maximum Gasteiger partial charge on any atom is 0.227 e. The first-order valence-electron chi connectivity index (χ1n) is 6.67. The molecule has 1 aromatic heterocycles. The number of anilines is 1. The Morgan fingerprint density at radius 1 is 1.15 bits per heavy atom. The molecule has 106 valence electrons. The molecule has 1 heterocycles. The second kappa shape index (κ2) is 6.23. The fraction of sp³-hybridized carbons (Fsp3) is 0.333. The van der Waals surface area contributed by atoms with Crippen molar-refractivity contribution in [3.8, 4) is 17.4 Å². The van der Waals surface area contributed by atoms with Crippen LogP contribution in [0.3, 0.4) is 0 Å². The third-order valence-corrected chi connectivity index (χ3v) is 2.83. The van der Waals surface area contributed by atoms with Crippen LogP contribution in [0.25, 0.3) is 0 Å². The fourth-order valence-corrected chi connectivity index (χ4v) is 1.72. The van der Waals surface area contributed by atoms with Crippen LogP contribution < -0.4 is 15.2 Å². The number of rotatable bonds is 5. The van der Waals surface area contributed by atoms with Gasteiger partial charge in [-0.2, -0.15) is 4.98 Å². The van der Waals surface area contributed by atoms with Gasteiger partial charge in [-0.3, -0.25) is 0 Å². The molecule has 5 heteroatoms. The molecule has 0 radical (unpaired) electrons. The van der Waals surface area contributed by atoms with Crippen molar-refractivity contribution >= 4 is 5.82 Å². The number of aromatic nitrogens is 2. The monoisotopic (exact) mass is 273 g/mol. The number of nitrogens with zero attached hydrogens (tertiary/aromatic N) is 2. The van der Waals surface area contributed by atoms with Gasteiger partial charge in [-0.05, 0) is 26.0 Å². The zero-order chi connectivity index (χ0) is 14.5. The maximum absolute atomic E-state index is 5.87. The van der Waals surface area contributed by atoms with Crippen molar-refractivity contribution in [2.75, 3.05) is 12.3 Å². The number of benzene rings is 1. The number of ether oxygens (including phenoxy) is 2. The minimum Gasteiger partial charge on any atom is -0.494 e. The van der Waals surface area contributed by atoms with Crippen molar-refractivity contribution in [2.45, 2.75) is 27.2 Å². The lowest BCUT2D eigenvalue weighted by atomic mass is 10.3. The summed E-state index contributed by atoms with van der Waals surface area (Å²) in [5, 5.41) is 0. The highest BCUT2D eigenvalue weighted by Crippen LogP contribution is 2.28. The lowest BCUT2D eigenvalue weighted by Crippen LogP contribution is -2.04. The van der Waals surface area contributed by atoms with Gasteiger partial charge in [-0.15, -0.1) is 0 Å². The quantitative estimate of drug-likeness (QED) is 0.906. The van der Waals surface area contributed by atoms with E-state index in [1.54, 1.807) is 0 Å². The van der Waals surface area contributed by atoms with E-state index in [1.165, 1.54) is 0 Å². The van der Waals surface area contributed by atoms with Crippen molar-refractivity contribution in [3.63, 3.8) is 0 Å². The van der Waals surface area contributed by atoms with Crippen molar-refractivity contribution in [2.24, 2.45) is 0 Å². The first-order valence-corrected chi connectivity index (χ1v) is 6.67. The standard InChI is InChI=1S/C15H19N3O2/c1-4-13-17-14(16)10(3)15(18-13)20-12-8-6-7-11(9-12)19-5-2/h6-9H,4-5H2,1-3H3,(H2,16,17,18). The predicted octanol–water partition coefficient (Wildman–Crippen LogP) is 3.12. The smallest absolute Gasteiger partial charge is 0.227 e. The van der Waals surface area contributed by atoms with Crippen LogP contribution in [0.15, 0.2) is 24.3 Å². The third-order valence-electron chi connectivity index (χ3n) is 2.83. The summed E-state index contributed by atoms with van der Waals surface area (Å²) in [6.07, 6.45) is 0.708. The van der Waals surface area contributed by atoms with Crippen molar-refractivity contribution in [3.05, 3.63) is 35.7 Å². The van der Waals surface area contributed by atoms with E-state index in [-0.39, 0.29) is 0 Å². The van der Waals surface area contributed by atoms with Gasteiger partial charge in [0.25, 0.3) is 0 Å². The number of nitrogens with two attached hydrogens (primary N) is 1. The maximum atomic E-state index is 5.87. The van der Waals surface area contributed by atoms with Crippen LogP contribution in [0, 0.1) is 6.92 Å². The summed E-state index contributed by atoms with van der Waals surface area (Å²) in [6.45, 7) is 6.37. The highest BCUT2D eigenvalue weighted by atomic mass is 16.5. The predicted molar refractivity (Wildman–Crippen MR) is 78.2 cm³/mol. The molecule has 0 spiro atoms. The molecular formula is C15H19N3O2. The molecule has 0 aliphatic heterocycles. The first-order chi connectivity index (χ1) is 9.63. The second-order valence-corrected chi connectivity index (χ2v) is 4.32. The van der Waals surface area contributed by atoms with Crippen molar-refractivity contribution in [1.29, 1.82) is 0 Å². The lowest BCUT2D eigenvalue weighted by Gasteiger charge is -2.11. The largest absolute Gasteiger partial charge is 0.494 e. The average Bonchev–Trinajstić information content (AvgIpc) is 2.44. The van der Waals surface area contributed by atoms with E-state index in [9.17, 15) is 0 Å². The summed E-state index contributed by atoms with van der Waals surface area (Å²) >= 11 is 0. The molecule has 0 atom stereocenters. The lowest BCUT2D eigenvalue weighted by molar-refractivity contribution is 0.338. The number of hydrogen-bond acceptors (Lipinski definition) is 5. The molecule has 0 aliphatic rings. The highest BCUT2D eigenvalue weighted by molar-refractivity contribution is 5.46. The SMILES string of the molecule is CCOc1cccc(Oc2nc(CC)nc(N)c2C)c1. The van der Waals surface area contributed by atoms with Crippen molar-refractivity contribution < 1.29 is 9.47 Å². The Morgan fingerprint density at radius 3 is 2.60 bits per heavy atom. The number of aryl methyl sites for hydroxylation is 1. The Bertz CT molecular complexity index is 600. The molecule has 2 N–H and O–H groups in total. The molecule has 2 aromatic rings. The van der Waals surface area contributed by atoms with E-state index in [0.29, 0.717) is 36.3 Å². The van der Waals surface area contributed by atoms with Gasteiger partial charge in [0.15, 0.2) is 0 Å². The molecule has 0 saturated heterocycles. The molecule has 20 heavy (non-hydrogen) atoms. The van der Waals surface area contributed by atoms with E-state index in [1.807, 2.05) is 45.0 Å². The van der Waals surface area contributed by atoms with Crippen LogP contribution >= 0.6 is 0 Å². The Morgan fingerprint density at radius 2 is 1.90 bits per heavy atom. The van der Waals surface area contributed by atoms with Crippen LogP contribution in [-0.2, 0) is 6.42 Å². The third kappa shape index (κ3) is 3.17. The summed E-state index contributed by atoms with van der Waals surface area (Å²) in [6, 6.07) is 7.44. The molecule has 0 unspecified atom stereocenters. The van der Waals surface area contributed by atoms with E-state index < -0.39 is 0 Å². The van der Waals surface area contributed by atoms with E-state index in [4.69, 9.17) is 15.2 Å². The van der Waals surface area contributed by atoms with Crippen LogP contribution in [-0.4, -0.2) is 16.6 Å². The molecule has 5 nitrogen and oxygen atoms in total. The number of nitrogen functional groups attached to an aromatic ring is 1. The Kier molecular flexibility index (Phi) is 4.40. The summed E-state index contributed by atoms with van der Waals surface area (Å²) in [7, 11) is 0. The molecule has 0 amide bonds. The Hall–Kier alpha value is -2.30. The molecular weight excluding hydrogens is 254 g/mol. The van der Waals surface area contributed by atoms with Crippen LogP contribution in [0.1, 0.15) is 25.2 Å². The van der Waals surface area contributed by atoms with E-state index in [0.717, 1.165) is 11.3 Å². The van der Waals surface area contributed by atoms with Gasteiger partial charge in [0.1, 0.15) is 23.1 Å². The molecule has 0 fully saturated rings. The fourth-order valence-electron chi connectivity index (χ4n) is 1.72. The summed E-state index contributed by atoms with van der Waals surface area (Å²) in [5.41, 5.74) is 6.61. The van der Waals surface area contributed by atoms with Crippen LogP contribution in [0.2, 0.25) is 0 Å². The van der Waals surface area contributed by atoms with Crippen molar-refractivity contribution in [1.82, 2.24) is 9.97 Å². The van der Waals surface area contributed by atoms with Gasteiger partial charge >= 0.3 is 0 Å². The molecule has 0 saturated carbocycles. The normalized spacial score (nSPS) is 10.3. The average molecular weight is 273 g/mol. The van der Waals surface area contributed by atoms with Gasteiger partial charge in [-0.25, -0.2) is 4.98 Å². The first kappa shape index (κ1) is 14.1. The molecule has 1 aromatic carbocycles. The summed E-state index contributed by atoms with van der Waals surface area (Å²) in [4.78, 5) is 8.57. The van der Waals surface area contributed by atoms with Gasteiger partial charge in [0.2, 0.25) is 5.88 Å². The van der Waals surface area contributed by atoms with Crippen LogP contribution in [0.4, 0.5) is 5.82 Å². The number of hydrogen-bond donors (Lipinski definition) is 1. The Labute approximate surface area is 118 Å². The topological polar surface area (TPSA) is 70.3 Å².